The number of hydrogen-bond donors (Lipinski definition) is 1. The maximum absolute atomic E-state index is 13.0. The predicted octanol–water partition coefficient (Wildman–Crippen LogP) is 2.22. The monoisotopic (exact) mass is 295 g/mol. The number of likely N-dealkylation sites (tertiary alicyclic amines) is 2. The van der Waals surface area contributed by atoms with Crippen molar-refractivity contribution in [3.63, 3.8) is 0 Å². The van der Waals surface area contributed by atoms with E-state index in [1.807, 2.05) is 0 Å². The smallest absolute Gasteiger partial charge is 0.239 e. The van der Waals surface area contributed by atoms with Gasteiger partial charge in [-0.05, 0) is 52.4 Å². The number of nitrogens with two attached hydrogens (primary N) is 1. The van der Waals surface area contributed by atoms with E-state index >= 15 is 0 Å². The second kappa shape index (κ2) is 7.10. The molecule has 0 saturated carbocycles. The van der Waals surface area contributed by atoms with Crippen molar-refractivity contribution in [1.82, 2.24) is 9.80 Å². The van der Waals surface area contributed by atoms with E-state index < -0.39 is 0 Å². The zero-order chi connectivity index (χ0) is 15.6. The minimum Gasteiger partial charge on any atom is -0.337 e. The molecule has 1 amide bonds. The van der Waals surface area contributed by atoms with Crippen molar-refractivity contribution in [2.24, 2.45) is 11.7 Å². The molecule has 4 nitrogen and oxygen atoms in total. The van der Waals surface area contributed by atoms with Crippen LogP contribution in [0.3, 0.4) is 0 Å². The fourth-order valence-corrected chi connectivity index (χ4v) is 4.36. The molecule has 4 heteroatoms. The van der Waals surface area contributed by atoms with Crippen LogP contribution in [0.5, 0.6) is 0 Å². The molecule has 21 heavy (non-hydrogen) atoms. The second-order valence-corrected chi connectivity index (χ2v) is 7.12. The number of carbonyl (C=O) groups is 1. The van der Waals surface area contributed by atoms with Gasteiger partial charge in [0.05, 0.1) is 6.04 Å². The average Bonchev–Trinajstić information content (AvgIpc) is 2.84. The lowest BCUT2D eigenvalue weighted by molar-refractivity contribution is -0.141. The normalized spacial score (nSPS) is 36.0. The molecule has 0 aromatic rings. The van der Waals surface area contributed by atoms with Crippen LogP contribution in [0.4, 0.5) is 0 Å². The molecule has 0 aromatic heterocycles. The molecule has 2 saturated heterocycles. The van der Waals surface area contributed by atoms with Crippen LogP contribution in [0.15, 0.2) is 0 Å². The number of carbonyl (C=O) groups excluding carboxylic acids is 1. The predicted molar refractivity (Wildman–Crippen MR) is 87.0 cm³/mol. The van der Waals surface area contributed by atoms with Crippen molar-refractivity contribution in [1.29, 1.82) is 0 Å². The van der Waals surface area contributed by atoms with Gasteiger partial charge < -0.3 is 10.6 Å². The number of hydrogen-bond acceptors (Lipinski definition) is 3. The molecular weight excluding hydrogens is 262 g/mol. The Morgan fingerprint density at radius 3 is 2.38 bits per heavy atom. The molecule has 2 fully saturated rings. The highest BCUT2D eigenvalue weighted by atomic mass is 16.2. The highest BCUT2D eigenvalue weighted by Gasteiger charge is 2.38. The summed E-state index contributed by atoms with van der Waals surface area (Å²) in [4.78, 5) is 17.5. The van der Waals surface area contributed by atoms with Crippen molar-refractivity contribution in [3.05, 3.63) is 0 Å². The molecule has 2 aliphatic rings. The van der Waals surface area contributed by atoms with Gasteiger partial charge >= 0.3 is 0 Å². The van der Waals surface area contributed by atoms with Gasteiger partial charge in [-0.3, -0.25) is 9.69 Å². The maximum Gasteiger partial charge on any atom is 0.239 e. The van der Waals surface area contributed by atoms with Gasteiger partial charge in [-0.25, -0.2) is 0 Å². The summed E-state index contributed by atoms with van der Waals surface area (Å²) in [6.07, 6.45) is 5.83. The van der Waals surface area contributed by atoms with E-state index in [1.165, 1.54) is 19.3 Å². The first-order valence-corrected chi connectivity index (χ1v) is 8.77. The van der Waals surface area contributed by atoms with E-state index in [4.69, 9.17) is 5.73 Å². The fourth-order valence-electron chi connectivity index (χ4n) is 4.36. The Kier molecular flexibility index (Phi) is 5.67. The molecule has 0 aromatic carbocycles. The van der Waals surface area contributed by atoms with E-state index in [1.54, 1.807) is 0 Å². The van der Waals surface area contributed by atoms with Crippen LogP contribution in [-0.4, -0.2) is 53.0 Å². The lowest BCUT2D eigenvalue weighted by Crippen LogP contribution is -2.56. The van der Waals surface area contributed by atoms with Crippen LogP contribution in [0, 0.1) is 5.92 Å². The van der Waals surface area contributed by atoms with Crippen molar-refractivity contribution in [3.8, 4) is 0 Å². The minimum atomic E-state index is -0.00951. The van der Waals surface area contributed by atoms with Gasteiger partial charge in [0.2, 0.25) is 5.91 Å². The fraction of sp³-hybridized carbons (Fsp3) is 0.941. The van der Waals surface area contributed by atoms with E-state index in [0.717, 1.165) is 25.3 Å². The molecule has 5 unspecified atom stereocenters. The highest BCUT2D eigenvalue weighted by molar-refractivity contribution is 5.82. The Morgan fingerprint density at radius 1 is 1.24 bits per heavy atom. The average molecular weight is 295 g/mol. The van der Waals surface area contributed by atoms with Gasteiger partial charge in [-0.15, -0.1) is 0 Å². The van der Waals surface area contributed by atoms with Crippen molar-refractivity contribution in [2.75, 3.05) is 13.1 Å². The first-order chi connectivity index (χ1) is 9.99. The van der Waals surface area contributed by atoms with E-state index in [9.17, 15) is 4.79 Å². The van der Waals surface area contributed by atoms with Gasteiger partial charge in [0.15, 0.2) is 0 Å². The lowest BCUT2D eigenvalue weighted by atomic mass is 9.88. The Morgan fingerprint density at radius 2 is 1.86 bits per heavy atom. The van der Waals surface area contributed by atoms with Crippen molar-refractivity contribution >= 4 is 5.91 Å². The molecule has 2 N–H and O–H groups in total. The van der Waals surface area contributed by atoms with Gasteiger partial charge in [-0.2, -0.15) is 0 Å². The molecule has 122 valence electrons. The quantitative estimate of drug-likeness (QED) is 0.865. The summed E-state index contributed by atoms with van der Waals surface area (Å²) in [7, 11) is 0. The highest BCUT2D eigenvalue weighted by Crippen LogP contribution is 2.29. The van der Waals surface area contributed by atoms with Crippen LogP contribution in [0.25, 0.3) is 0 Å². The van der Waals surface area contributed by atoms with Gasteiger partial charge in [0, 0.05) is 31.2 Å². The lowest BCUT2D eigenvalue weighted by Gasteiger charge is -2.42. The Bertz CT molecular complexity index is 350. The largest absolute Gasteiger partial charge is 0.337 e. The summed E-state index contributed by atoms with van der Waals surface area (Å²) in [5.74, 6) is 1.03. The van der Waals surface area contributed by atoms with Crippen LogP contribution >= 0.6 is 0 Å². The molecular formula is C17H33N3O. The topological polar surface area (TPSA) is 49.6 Å². The number of nitrogens with zero attached hydrogens (tertiary/aromatic N) is 2. The zero-order valence-corrected chi connectivity index (χ0v) is 14.2. The van der Waals surface area contributed by atoms with Gasteiger partial charge in [0.1, 0.15) is 0 Å². The number of rotatable bonds is 4. The van der Waals surface area contributed by atoms with Crippen LogP contribution in [0.2, 0.25) is 0 Å². The first-order valence-electron chi connectivity index (χ1n) is 8.77. The second-order valence-electron chi connectivity index (χ2n) is 7.12. The third-order valence-electron chi connectivity index (χ3n) is 5.78. The molecule has 0 radical (unpaired) electrons. The van der Waals surface area contributed by atoms with Crippen LogP contribution in [-0.2, 0) is 4.79 Å². The molecule has 2 rings (SSSR count). The van der Waals surface area contributed by atoms with Gasteiger partial charge in [0.25, 0.3) is 0 Å². The summed E-state index contributed by atoms with van der Waals surface area (Å²) >= 11 is 0. The van der Waals surface area contributed by atoms with E-state index in [0.29, 0.717) is 24.5 Å². The standard InChI is InChI=1S/C17H33N3O/c1-5-15-8-9-19(16(10-15)11-18)17(21)14(4)20-12(2)6-7-13(20)3/h12-16H,5-11,18H2,1-4H3. The SMILES string of the molecule is CCC1CCN(C(=O)C(C)N2C(C)CCC2C)C(CN)C1. The summed E-state index contributed by atoms with van der Waals surface area (Å²) in [6, 6.07) is 1.27. The molecule has 2 aliphatic heterocycles. The van der Waals surface area contributed by atoms with Crippen molar-refractivity contribution < 1.29 is 4.79 Å². The Hall–Kier alpha value is -0.610. The molecule has 2 heterocycles. The summed E-state index contributed by atoms with van der Waals surface area (Å²) in [5.41, 5.74) is 5.95. The number of amides is 1. The molecule has 5 atom stereocenters. The van der Waals surface area contributed by atoms with Crippen LogP contribution in [0.1, 0.15) is 59.8 Å². The third kappa shape index (κ3) is 3.42. The summed E-state index contributed by atoms with van der Waals surface area (Å²) < 4.78 is 0. The summed E-state index contributed by atoms with van der Waals surface area (Å²) in [6.45, 7) is 10.3. The number of piperidine rings is 1. The zero-order valence-electron chi connectivity index (χ0n) is 14.2. The van der Waals surface area contributed by atoms with E-state index in [-0.39, 0.29) is 12.1 Å². The first kappa shape index (κ1) is 16.8. The summed E-state index contributed by atoms with van der Waals surface area (Å²) in [5, 5.41) is 0. The van der Waals surface area contributed by atoms with E-state index in [2.05, 4.69) is 37.5 Å². The van der Waals surface area contributed by atoms with Crippen LogP contribution < -0.4 is 5.73 Å². The molecule has 0 aliphatic carbocycles. The van der Waals surface area contributed by atoms with Crippen molar-refractivity contribution in [2.45, 2.75) is 84.0 Å². The molecule has 0 spiro atoms. The van der Waals surface area contributed by atoms with Gasteiger partial charge in [-0.1, -0.05) is 13.3 Å². The third-order valence-corrected chi connectivity index (χ3v) is 5.78. The maximum atomic E-state index is 13.0. The Balaban J connectivity index is 2.04. The minimum absolute atomic E-state index is 0.00951. The Labute approximate surface area is 130 Å². The molecule has 0 bridgehead atoms.